The van der Waals surface area contributed by atoms with Crippen LogP contribution < -0.4 is 5.73 Å². The van der Waals surface area contributed by atoms with Gasteiger partial charge in [-0.05, 0) is 37.5 Å². The molecule has 0 heterocycles. The first-order chi connectivity index (χ1) is 7.53. The van der Waals surface area contributed by atoms with E-state index in [-0.39, 0.29) is 5.56 Å². The smallest absolute Gasteiger partial charge is 0.129 e. The van der Waals surface area contributed by atoms with Crippen molar-refractivity contribution in [3.63, 3.8) is 0 Å². The van der Waals surface area contributed by atoms with Crippen LogP contribution in [0.15, 0.2) is 12.1 Å². The highest BCUT2D eigenvalue weighted by Crippen LogP contribution is 2.35. The Morgan fingerprint density at radius 1 is 1.06 bits per heavy atom. The van der Waals surface area contributed by atoms with Crippen molar-refractivity contribution in [2.24, 2.45) is 5.73 Å². The van der Waals surface area contributed by atoms with E-state index in [0.717, 1.165) is 32.1 Å². The molecule has 1 fully saturated rings. The van der Waals surface area contributed by atoms with Crippen molar-refractivity contribution in [2.45, 2.75) is 44.6 Å². The number of hydrogen-bond donors (Lipinski definition) is 1. The van der Waals surface area contributed by atoms with Gasteiger partial charge in [0, 0.05) is 11.1 Å². The minimum Gasteiger partial charge on any atom is -0.321 e. The molecular weight excluding hydrogens is 208 g/mol. The SMILES string of the molecule is Cc1c(F)cc(C2(N)CCCCC2)cc1F. The van der Waals surface area contributed by atoms with E-state index in [1.165, 1.54) is 19.1 Å². The summed E-state index contributed by atoms with van der Waals surface area (Å²) in [7, 11) is 0. The summed E-state index contributed by atoms with van der Waals surface area (Å²) in [6.07, 6.45) is 4.86. The molecule has 2 rings (SSSR count). The van der Waals surface area contributed by atoms with Crippen molar-refractivity contribution in [1.29, 1.82) is 0 Å². The molecule has 1 aliphatic carbocycles. The molecule has 1 aliphatic rings. The Morgan fingerprint density at radius 3 is 2.06 bits per heavy atom. The summed E-state index contributed by atoms with van der Waals surface area (Å²) >= 11 is 0. The van der Waals surface area contributed by atoms with Gasteiger partial charge in [0.2, 0.25) is 0 Å². The molecule has 0 aromatic heterocycles. The maximum Gasteiger partial charge on any atom is 0.129 e. The third-order valence-electron chi connectivity index (χ3n) is 3.60. The lowest BCUT2D eigenvalue weighted by Crippen LogP contribution is -2.38. The zero-order valence-corrected chi connectivity index (χ0v) is 9.52. The third-order valence-corrected chi connectivity index (χ3v) is 3.60. The Bertz CT molecular complexity index is 372. The van der Waals surface area contributed by atoms with Crippen molar-refractivity contribution in [3.05, 3.63) is 34.9 Å². The monoisotopic (exact) mass is 225 g/mol. The van der Waals surface area contributed by atoms with Crippen molar-refractivity contribution < 1.29 is 8.78 Å². The Balaban J connectivity index is 2.39. The molecule has 0 unspecified atom stereocenters. The molecule has 0 saturated heterocycles. The van der Waals surface area contributed by atoms with Crippen LogP contribution in [0.3, 0.4) is 0 Å². The highest BCUT2D eigenvalue weighted by atomic mass is 19.1. The molecule has 1 aromatic rings. The quantitative estimate of drug-likeness (QED) is 0.779. The maximum absolute atomic E-state index is 13.5. The van der Waals surface area contributed by atoms with Gasteiger partial charge < -0.3 is 5.73 Å². The van der Waals surface area contributed by atoms with Crippen molar-refractivity contribution >= 4 is 0 Å². The fourth-order valence-corrected chi connectivity index (χ4v) is 2.40. The van der Waals surface area contributed by atoms with Crippen molar-refractivity contribution in [2.75, 3.05) is 0 Å². The first-order valence-corrected chi connectivity index (χ1v) is 5.78. The highest BCUT2D eigenvalue weighted by Gasteiger charge is 2.30. The van der Waals surface area contributed by atoms with Crippen LogP contribution in [-0.2, 0) is 5.54 Å². The zero-order chi connectivity index (χ0) is 11.8. The van der Waals surface area contributed by atoms with E-state index < -0.39 is 17.2 Å². The molecule has 1 saturated carbocycles. The summed E-state index contributed by atoms with van der Waals surface area (Å²) in [6.45, 7) is 1.44. The van der Waals surface area contributed by atoms with E-state index in [1.54, 1.807) is 0 Å². The summed E-state index contributed by atoms with van der Waals surface area (Å²) in [4.78, 5) is 0. The topological polar surface area (TPSA) is 26.0 Å². The molecule has 0 spiro atoms. The summed E-state index contributed by atoms with van der Waals surface area (Å²) in [6, 6.07) is 2.79. The average molecular weight is 225 g/mol. The minimum absolute atomic E-state index is 0.0724. The minimum atomic E-state index is -0.534. The first kappa shape index (κ1) is 11.5. The van der Waals surface area contributed by atoms with E-state index in [1.807, 2.05) is 0 Å². The van der Waals surface area contributed by atoms with Crippen LogP contribution >= 0.6 is 0 Å². The molecule has 0 radical (unpaired) electrons. The molecule has 0 amide bonds. The maximum atomic E-state index is 13.5. The molecule has 88 valence electrons. The van der Waals surface area contributed by atoms with Gasteiger partial charge in [0.1, 0.15) is 11.6 Å². The number of benzene rings is 1. The Morgan fingerprint density at radius 2 is 1.56 bits per heavy atom. The second-order valence-corrected chi connectivity index (χ2v) is 4.78. The summed E-state index contributed by atoms with van der Waals surface area (Å²) < 4.78 is 26.9. The summed E-state index contributed by atoms with van der Waals surface area (Å²) in [5, 5.41) is 0. The van der Waals surface area contributed by atoms with Crippen LogP contribution in [0.2, 0.25) is 0 Å². The van der Waals surface area contributed by atoms with Gasteiger partial charge in [0.25, 0.3) is 0 Å². The Kier molecular flexibility index (Phi) is 2.98. The highest BCUT2D eigenvalue weighted by molar-refractivity contribution is 5.30. The molecule has 1 aromatic carbocycles. The molecule has 0 bridgehead atoms. The summed E-state index contributed by atoms with van der Waals surface area (Å²) in [5.41, 5.74) is 6.38. The number of rotatable bonds is 1. The standard InChI is InChI=1S/C13H17F2N/c1-9-11(14)7-10(8-12(9)15)13(16)5-3-2-4-6-13/h7-8H,2-6,16H2,1H3. The van der Waals surface area contributed by atoms with Crippen LogP contribution in [0.1, 0.15) is 43.2 Å². The predicted octanol–water partition coefficient (Wildman–Crippen LogP) is 3.39. The largest absolute Gasteiger partial charge is 0.321 e. The molecular formula is C13H17F2N. The van der Waals surface area contributed by atoms with Gasteiger partial charge in [-0.1, -0.05) is 19.3 Å². The van der Waals surface area contributed by atoms with E-state index in [4.69, 9.17) is 5.73 Å². The van der Waals surface area contributed by atoms with Gasteiger partial charge in [0.05, 0.1) is 0 Å². The zero-order valence-electron chi connectivity index (χ0n) is 9.52. The van der Waals surface area contributed by atoms with E-state index >= 15 is 0 Å². The van der Waals surface area contributed by atoms with E-state index in [9.17, 15) is 8.78 Å². The van der Waals surface area contributed by atoms with Gasteiger partial charge >= 0.3 is 0 Å². The fourth-order valence-electron chi connectivity index (χ4n) is 2.40. The second-order valence-electron chi connectivity index (χ2n) is 4.78. The van der Waals surface area contributed by atoms with Gasteiger partial charge in [-0.2, -0.15) is 0 Å². The number of nitrogens with two attached hydrogens (primary N) is 1. The molecule has 0 aliphatic heterocycles. The van der Waals surface area contributed by atoms with Crippen molar-refractivity contribution in [1.82, 2.24) is 0 Å². The van der Waals surface area contributed by atoms with E-state index in [0.29, 0.717) is 5.56 Å². The lowest BCUT2D eigenvalue weighted by atomic mass is 9.77. The van der Waals surface area contributed by atoms with Gasteiger partial charge in [-0.25, -0.2) is 8.78 Å². The summed E-state index contributed by atoms with van der Waals surface area (Å²) in [5.74, 6) is -0.990. The van der Waals surface area contributed by atoms with Crippen molar-refractivity contribution in [3.8, 4) is 0 Å². The molecule has 2 N–H and O–H groups in total. The number of hydrogen-bond acceptors (Lipinski definition) is 1. The lowest BCUT2D eigenvalue weighted by Gasteiger charge is -2.34. The molecule has 1 nitrogen and oxygen atoms in total. The molecule has 0 atom stereocenters. The average Bonchev–Trinajstić information content (AvgIpc) is 2.26. The lowest BCUT2D eigenvalue weighted by molar-refractivity contribution is 0.300. The molecule has 3 heteroatoms. The predicted molar refractivity (Wildman–Crippen MR) is 60.0 cm³/mol. The van der Waals surface area contributed by atoms with Crippen LogP contribution in [-0.4, -0.2) is 0 Å². The van der Waals surface area contributed by atoms with Crippen LogP contribution in [0.5, 0.6) is 0 Å². The normalized spacial score (nSPS) is 19.8. The van der Waals surface area contributed by atoms with Gasteiger partial charge in [0.15, 0.2) is 0 Å². The Labute approximate surface area is 94.7 Å². The third kappa shape index (κ3) is 1.96. The fraction of sp³-hybridized carbons (Fsp3) is 0.538. The van der Waals surface area contributed by atoms with E-state index in [2.05, 4.69) is 0 Å². The second kappa shape index (κ2) is 4.13. The van der Waals surface area contributed by atoms with Crippen LogP contribution in [0.4, 0.5) is 8.78 Å². The first-order valence-electron chi connectivity index (χ1n) is 5.78. The van der Waals surface area contributed by atoms with Gasteiger partial charge in [-0.15, -0.1) is 0 Å². The van der Waals surface area contributed by atoms with Crippen LogP contribution in [0, 0.1) is 18.6 Å². The van der Waals surface area contributed by atoms with Crippen LogP contribution in [0.25, 0.3) is 0 Å². The van der Waals surface area contributed by atoms with Gasteiger partial charge in [-0.3, -0.25) is 0 Å². The Hall–Kier alpha value is -0.960. The molecule has 16 heavy (non-hydrogen) atoms. The number of halogens is 2.